The molecule has 1 heterocycles. The fourth-order valence-electron chi connectivity index (χ4n) is 1.51. The van der Waals surface area contributed by atoms with Gasteiger partial charge in [-0.1, -0.05) is 6.08 Å². The fourth-order valence-corrected chi connectivity index (χ4v) is 1.51. The maximum absolute atomic E-state index is 5.39. The molecule has 1 rings (SSSR count). The first-order chi connectivity index (χ1) is 8.76. The van der Waals surface area contributed by atoms with E-state index in [9.17, 15) is 0 Å². The average molecular weight is 250 g/mol. The first-order valence-corrected chi connectivity index (χ1v) is 6.21. The van der Waals surface area contributed by atoms with Gasteiger partial charge < -0.3 is 14.8 Å². The molecule has 0 saturated carbocycles. The highest BCUT2D eigenvalue weighted by molar-refractivity contribution is 5.42. The summed E-state index contributed by atoms with van der Waals surface area (Å²) < 4.78 is 10.3. The molecule has 0 radical (unpaired) electrons. The Labute approximate surface area is 109 Å². The molecule has 0 aliphatic rings. The lowest BCUT2D eigenvalue weighted by atomic mass is 10.2. The van der Waals surface area contributed by atoms with Gasteiger partial charge in [-0.2, -0.15) is 0 Å². The Hall–Kier alpha value is -1.55. The van der Waals surface area contributed by atoms with Gasteiger partial charge in [0.2, 0.25) is 5.88 Å². The second-order valence-corrected chi connectivity index (χ2v) is 4.14. The number of hydrogen-bond donors (Lipinski definition) is 1. The van der Waals surface area contributed by atoms with Gasteiger partial charge in [-0.15, -0.1) is 6.58 Å². The van der Waals surface area contributed by atoms with E-state index in [0.29, 0.717) is 25.1 Å². The minimum atomic E-state index is 0.407. The molecule has 1 N–H and O–H groups in total. The van der Waals surface area contributed by atoms with Crippen molar-refractivity contribution in [1.82, 2.24) is 4.98 Å². The summed E-state index contributed by atoms with van der Waals surface area (Å²) in [7, 11) is 1.65. The highest BCUT2D eigenvalue weighted by atomic mass is 16.5. The van der Waals surface area contributed by atoms with E-state index in [1.54, 1.807) is 13.3 Å². The molecule has 0 saturated heterocycles. The first kappa shape index (κ1) is 14.5. The number of pyridine rings is 1. The van der Waals surface area contributed by atoms with Gasteiger partial charge in [0.05, 0.1) is 18.5 Å². The molecule has 1 aromatic heterocycles. The molecule has 1 atom stereocenters. The molecule has 0 bridgehead atoms. The van der Waals surface area contributed by atoms with Crippen molar-refractivity contribution >= 4 is 5.69 Å². The summed E-state index contributed by atoms with van der Waals surface area (Å²) in [5.74, 6) is 0.622. The van der Waals surface area contributed by atoms with Gasteiger partial charge in [0.25, 0.3) is 0 Å². The molecule has 4 heteroatoms. The zero-order valence-electron chi connectivity index (χ0n) is 11.2. The van der Waals surface area contributed by atoms with Crippen LogP contribution in [0.3, 0.4) is 0 Å². The summed E-state index contributed by atoms with van der Waals surface area (Å²) in [6, 6.07) is 4.24. The van der Waals surface area contributed by atoms with Crippen molar-refractivity contribution in [2.45, 2.75) is 25.8 Å². The highest BCUT2D eigenvalue weighted by Gasteiger charge is 2.02. The average Bonchev–Trinajstić information content (AvgIpc) is 2.39. The summed E-state index contributed by atoms with van der Waals surface area (Å²) in [5.41, 5.74) is 1.01. The molecule has 0 spiro atoms. The fraction of sp³-hybridized carbons (Fsp3) is 0.500. The van der Waals surface area contributed by atoms with Crippen LogP contribution >= 0.6 is 0 Å². The van der Waals surface area contributed by atoms with Crippen LogP contribution in [0.1, 0.15) is 19.8 Å². The number of nitrogens with one attached hydrogen (secondary N) is 1. The molecule has 100 valence electrons. The van der Waals surface area contributed by atoms with E-state index in [0.717, 1.165) is 18.5 Å². The van der Waals surface area contributed by atoms with E-state index in [1.165, 1.54) is 0 Å². The molecule has 18 heavy (non-hydrogen) atoms. The van der Waals surface area contributed by atoms with Crippen molar-refractivity contribution in [3.05, 3.63) is 31.0 Å². The highest BCUT2D eigenvalue weighted by Crippen LogP contribution is 2.13. The van der Waals surface area contributed by atoms with Crippen LogP contribution in [0.15, 0.2) is 31.0 Å². The van der Waals surface area contributed by atoms with Crippen molar-refractivity contribution in [1.29, 1.82) is 0 Å². The Morgan fingerprint density at radius 1 is 1.44 bits per heavy atom. The maximum atomic E-state index is 5.39. The van der Waals surface area contributed by atoms with Gasteiger partial charge >= 0.3 is 0 Å². The smallest absolute Gasteiger partial charge is 0.213 e. The number of aromatic nitrogens is 1. The Kier molecular flexibility index (Phi) is 6.87. The lowest BCUT2D eigenvalue weighted by molar-refractivity contribution is 0.144. The quantitative estimate of drug-likeness (QED) is 0.540. The van der Waals surface area contributed by atoms with Crippen LogP contribution in [0.4, 0.5) is 5.69 Å². The Balaban J connectivity index is 2.37. The summed E-state index contributed by atoms with van der Waals surface area (Å²) in [6.07, 6.45) is 5.80. The number of hydrogen-bond acceptors (Lipinski definition) is 4. The van der Waals surface area contributed by atoms with Crippen molar-refractivity contribution in [3.63, 3.8) is 0 Å². The number of anilines is 1. The van der Waals surface area contributed by atoms with Crippen molar-refractivity contribution in [2.24, 2.45) is 0 Å². The summed E-state index contributed by atoms with van der Waals surface area (Å²) in [4.78, 5) is 4.22. The van der Waals surface area contributed by atoms with Crippen LogP contribution in [-0.2, 0) is 4.74 Å². The lowest BCUT2D eigenvalue weighted by Gasteiger charge is -2.14. The molecular formula is C14H22N2O2. The van der Waals surface area contributed by atoms with Gasteiger partial charge in [0.15, 0.2) is 0 Å². The van der Waals surface area contributed by atoms with Crippen molar-refractivity contribution in [3.8, 4) is 5.88 Å². The molecule has 0 fully saturated rings. The molecule has 1 unspecified atom stereocenters. The number of nitrogens with zero attached hydrogens (tertiary/aromatic N) is 1. The minimum Gasteiger partial charge on any atom is -0.475 e. The Morgan fingerprint density at radius 3 is 2.89 bits per heavy atom. The number of methoxy groups -OCH3 is 1. The molecule has 4 nitrogen and oxygen atoms in total. The van der Waals surface area contributed by atoms with Gasteiger partial charge in [0, 0.05) is 19.2 Å². The van der Waals surface area contributed by atoms with Gasteiger partial charge in [-0.05, 0) is 25.8 Å². The monoisotopic (exact) mass is 250 g/mol. The predicted molar refractivity (Wildman–Crippen MR) is 74.1 cm³/mol. The molecule has 0 aliphatic carbocycles. The Bertz CT molecular complexity index is 338. The third-order valence-electron chi connectivity index (χ3n) is 2.49. The molecule has 0 aliphatic heterocycles. The largest absolute Gasteiger partial charge is 0.475 e. The van der Waals surface area contributed by atoms with E-state index < -0.39 is 0 Å². The zero-order chi connectivity index (χ0) is 13.2. The first-order valence-electron chi connectivity index (χ1n) is 6.21. The zero-order valence-corrected chi connectivity index (χ0v) is 11.2. The summed E-state index contributed by atoms with van der Waals surface area (Å²) in [6.45, 7) is 6.95. The topological polar surface area (TPSA) is 43.4 Å². The maximum Gasteiger partial charge on any atom is 0.213 e. The van der Waals surface area contributed by atoms with E-state index in [4.69, 9.17) is 9.47 Å². The predicted octanol–water partition coefficient (Wildman–Crippen LogP) is 2.87. The standard InChI is InChI=1S/C14H22N2O2/c1-4-5-6-12(2)16-13-7-8-14(15-11-13)18-10-9-17-3/h4,7-8,11-12,16H,1,5-6,9-10H2,2-3H3. The van der Waals surface area contributed by atoms with E-state index in [1.807, 2.05) is 18.2 Å². The SMILES string of the molecule is C=CCCC(C)Nc1ccc(OCCOC)nc1. The molecule has 0 aromatic carbocycles. The van der Waals surface area contributed by atoms with E-state index in [2.05, 4.69) is 23.8 Å². The molecular weight excluding hydrogens is 228 g/mol. The minimum absolute atomic E-state index is 0.407. The summed E-state index contributed by atoms with van der Waals surface area (Å²) in [5, 5.41) is 3.38. The van der Waals surface area contributed by atoms with Crippen LogP contribution in [0.5, 0.6) is 5.88 Å². The lowest BCUT2D eigenvalue weighted by Crippen LogP contribution is -2.14. The van der Waals surface area contributed by atoms with Crippen molar-refractivity contribution < 1.29 is 9.47 Å². The van der Waals surface area contributed by atoms with Crippen LogP contribution in [-0.4, -0.2) is 31.3 Å². The molecule has 1 aromatic rings. The van der Waals surface area contributed by atoms with Gasteiger partial charge in [-0.25, -0.2) is 4.98 Å². The number of rotatable bonds is 9. The second-order valence-electron chi connectivity index (χ2n) is 4.14. The summed E-state index contributed by atoms with van der Waals surface area (Å²) >= 11 is 0. The van der Waals surface area contributed by atoms with Gasteiger partial charge in [0.1, 0.15) is 6.61 Å². The van der Waals surface area contributed by atoms with Crippen LogP contribution in [0, 0.1) is 0 Å². The Morgan fingerprint density at radius 2 is 2.28 bits per heavy atom. The van der Waals surface area contributed by atoms with E-state index >= 15 is 0 Å². The van der Waals surface area contributed by atoms with Crippen LogP contribution in [0.25, 0.3) is 0 Å². The molecule has 0 amide bonds. The third kappa shape index (κ3) is 5.68. The number of allylic oxidation sites excluding steroid dienone is 1. The van der Waals surface area contributed by atoms with Crippen molar-refractivity contribution in [2.75, 3.05) is 25.6 Å². The van der Waals surface area contributed by atoms with Crippen LogP contribution < -0.4 is 10.1 Å². The second kappa shape index (κ2) is 8.53. The number of ether oxygens (including phenoxy) is 2. The third-order valence-corrected chi connectivity index (χ3v) is 2.49. The normalized spacial score (nSPS) is 11.9. The van der Waals surface area contributed by atoms with Crippen LogP contribution in [0.2, 0.25) is 0 Å². The van der Waals surface area contributed by atoms with E-state index in [-0.39, 0.29) is 0 Å². The van der Waals surface area contributed by atoms with Gasteiger partial charge in [-0.3, -0.25) is 0 Å².